The number of rotatable bonds is 12. The number of nitrogens with zero attached hydrogens (tertiary/aromatic N) is 2. The van der Waals surface area contributed by atoms with Crippen molar-refractivity contribution >= 4 is 22.0 Å². The standard InChI is InChI=1S/C31H37N3O5S/c1-23-6-4-5-7-25(23)18-19-34(40(37,38)28-13-11-27(12-14-28)39-21-20-33(2)3)30-16-10-26-22-24(8-15-29(26)30)9-17-31(35)32-36/h4-9,11-15,17,22,30,36H,10,16,18-21H2,1-3H3,(H,32,35). The molecular formula is C31H37N3O5S. The number of fused-ring (bicyclic) bond motifs is 1. The van der Waals surface area contributed by atoms with Gasteiger partial charge in [-0.2, -0.15) is 4.31 Å². The largest absolute Gasteiger partial charge is 0.492 e. The zero-order valence-corrected chi connectivity index (χ0v) is 24.0. The van der Waals surface area contributed by atoms with E-state index in [4.69, 9.17) is 9.94 Å². The van der Waals surface area contributed by atoms with Crippen LogP contribution in [0.5, 0.6) is 5.75 Å². The number of likely N-dealkylation sites (N-methyl/N-ethyl adjacent to an activating group) is 1. The van der Waals surface area contributed by atoms with Gasteiger partial charge in [-0.05, 0) is 98.4 Å². The molecule has 0 heterocycles. The Balaban J connectivity index is 1.62. The van der Waals surface area contributed by atoms with Crippen LogP contribution in [-0.2, 0) is 27.7 Å². The molecule has 1 atom stereocenters. The van der Waals surface area contributed by atoms with Crippen molar-refractivity contribution in [3.05, 3.63) is 101 Å². The Bertz CT molecular complexity index is 1450. The zero-order valence-electron chi connectivity index (χ0n) is 23.2. The maximum atomic E-state index is 14.1. The first kappa shape index (κ1) is 29.5. The molecule has 4 rings (SSSR count). The molecule has 0 aliphatic heterocycles. The van der Waals surface area contributed by atoms with E-state index < -0.39 is 15.9 Å². The lowest BCUT2D eigenvalue weighted by Gasteiger charge is -2.29. The second kappa shape index (κ2) is 13.2. The molecule has 0 bridgehead atoms. The fraction of sp³-hybridized carbons (Fsp3) is 0.323. The molecule has 0 saturated carbocycles. The van der Waals surface area contributed by atoms with Crippen molar-refractivity contribution in [1.29, 1.82) is 0 Å². The predicted octanol–water partition coefficient (Wildman–Crippen LogP) is 4.37. The summed E-state index contributed by atoms with van der Waals surface area (Å²) in [4.78, 5) is 13.6. The van der Waals surface area contributed by atoms with Crippen LogP contribution in [0.4, 0.5) is 0 Å². The van der Waals surface area contributed by atoms with E-state index in [1.165, 1.54) is 6.08 Å². The van der Waals surface area contributed by atoms with Crippen LogP contribution in [0, 0.1) is 6.92 Å². The SMILES string of the molecule is Cc1ccccc1CCN(C1CCc2cc(C=CC(=O)NO)ccc21)S(=O)(=O)c1ccc(OCCN(C)C)cc1. The molecule has 1 unspecified atom stereocenters. The van der Waals surface area contributed by atoms with Gasteiger partial charge in [0, 0.05) is 19.2 Å². The zero-order chi connectivity index (χ0) is 28.7. The quantitative estimate of drug-likeness (QED) is 0.193. The number of hydrogen-bond acceptors (Lipinski definition) is 6. The normalized spacial score (nSPS) is 15.1. The van der Waals surface area contributed by atoms with Crippen LogP contribution in [0.25, 0.3) is 6.08 Å². The summed E-state index contributed by atoms with van der Waals surface area (Å²) in [7, 11) is 0.121. The molecule has 1 amide bonds. The van der Waals surface area contributed by atoms with Crippen molar-refractivity contribution in [2.45, 2.75) is 37.1 Å². The minimum absolute atomic E-state index is 0.236. The first-order valence-corrected chi connectivity index (χ1v) is 14.8. The number of benzene rings is 3. The lowest BCUT2D eigenvalue weighted by molar-refractivity contribution is -0.124. The summed E-state index contributed by atoms with van der Waals surface area (Å²) in [6.07, 6.45) is 4.86. The van der Waals surface area contributed by atoms with Crippen LogP contribution in [0.2, 0.25) is 0 Å². The van der Waals surface area contributed by atoms with Crippen LogP contribution in [0.15, 0.2) is 77.7 Å². The summed E-state index contributed by atoms with van der Waals surface area (Å²) in [6.45, 7) is 3.67. The Morgan fingerprint density at radius 1 is 1.07 bits per heavy atom. The maximum Gasteiger partial charge on any atom is 0.267 e. The fourth-order valence-electron chi connectivity index (χ4n) is 4.98. The van der Waals surface area contributed by atoms with Crippen molar-refractivity contribution in [2.75, 3.05) is 33.8 Å². The number of ether oxygens (including phenoxy) is 1. The first-order chi connectivity index (χ1) is 19.2. The monoisotopic (exact) mass is 563 g/mol. The smallest absolute Gasteiger partial charge is 0.267 e. The Labute approximate surface area is 236 Å². The number of aryl methyl sites for hydroxylation is 2. The van der Waals surface area contributed by atoms with E-state index in [1.54, 1.807) is 40.1 Å². The van der Waals surface area contributed by atoms with E-state index in [-0.39, 0.29) is 10.9 Å². The van der Waals surface area contributed by atoms with E-state index >= 15 is 0 Å². The van der Waals surface area contributed by atoms with Gasteiger partial charge in [-0.15, -0.1) is 0 Å². The lowest BCUT2D eigenvalue weighted by Crippen LogP contribution is -2.36. The number of hydrogen-bond donors (Lipinski definition) is 2. The molecule has 2 N–H and O–H groups in total. The van der Waals surface area contributed by atoms with Gasteiger partial charge in [0.25, 0.3) is 5.91 Å². The highest BCUT2D eigenvalue weighted by Crippen LogP contribution is 2.39. The van der Waals surface area contributed by atoms with Gasteiger partial charge >= 0.3 is 0 Å². The number of amides is 1. The number of nitrogens with one attached hydrogen (secondary N) is 1. The highest BCUT2D eigenvalue weighted by Gasteiger charge is 2.36. The molecular weight excluding hydrogens is 526 g/mol. The molecule has 1 aliphatic rings. The third-order valence-electron chi connectivity index (χ3n) is 7.20. The average Bonchev–Trinajstić information content (AvgIpc) is 3.35. The van der Waals surface area contributed by atoms with E-state index in [2.05, 4.69) is 0 Å². The van der Waals surface area contributed by atoms with Gasteiger partial charge in [-0.3, -0.25) is 10.0 Å². The Kier molecular flexibility index (Phi) is 9.76. The number of carbonyl (C=O) groups excluding carboxylic acids is 1. The van der Waals surface area contributed by atoms with Crippen LogP contribution >= 0.6 is 0 Å². The van der Waals surface area contributed by atoms with Crippen molar-refractivity contribution in [1.82, 2.24) is 14.7 Å². The van der Waals surface area contributed by atoms with E-state index in [0.29, 0.717) is 31.7 Å². The molecule has 1 aliphatic carbocycles. The van der Waals surface area contributed by atoms with Gasteiger partial charge in [0.2, 0.25) is 10.0 Å². The van der Waals surface area contributed by atoms with Crippen LogP contribution in [0.3, 0.4) is 0 Å². The van der Waals surface area contributed by atoms with Crippen molar-refractivity contribution in [3.63, 3.8) is 0 Å². The molecule has 0 fully saturated rings. The average molecular weight is 564 g/mol. The molecule has 0 spiro atoms. The molecule has 3 aromatic rings. The predicted molar refractivity (Wildman–Crippen MR) is 156 cm³/mol. The topological polar surface area (TPSA) is 99.2 Å². The first-order valence-electron chi connectivity index (χ1n) is 13.4. The molecule has 0 radical (unpaired) electrons. The Morgan fingerprint density at radius 3 is 2.52 bits per heavy atom. The molecule has 212 valence electrons. The Morgan fingerprint density at radius 2 is 1.82 bits per heavy atom. The minimum atomic E-state index is -3.82. The van der Waals surface area contributed by atoms with E-state index in [0.717, 1.165) is 40.8 Å². The van der Waals surface area contributed by atoms with E-state index in [1.807, 2.05) is 68.4 Å². The van der Waals surface area contributed by atoms with Crippen LogP contribution in [0.1, 0.15) is 40.3 Å². The van der Waals surface area contributed by atoms with Gasteiger partial charge < -0.3 is 9.64 Å². The van der Waals surface area contributed by atoms with Gasteiger partial charge in [0.1, 0.15) is 12.4 Å². The molecule has 3 aromatic carbocycles. The summed E-state index contributed by atoms with van der Waals surface area (Å²) in [5.41, 5.74) is 6.67. The number of carbonyl (C=O) groups is 1. The summed E-state index contributed by atoms with van der Waals surface area (Å²) in [6, 6.07) is 20.2. The number of hydroxylamine groups is 1. The Hall–Kier alpha value is -3.50. The molecule has 0 saturated heterocycles. The molecule has 0 aromatic heterocycles. The lowest BCUT2D eigenvalue weighted by atomic mass is 10.0. The van der Waals surface area contributed by atoms with E-state index in [9.17, 15) is 13.2 Å². The van der Waals surface area contributed by atoms with Crippen molar-refractivity contribution in [2.24, 2.45) is 0 Å². The molecule has 8 nitrogen and oxygen atoms in total. The highest BCUT2D eigenvalue weighted by atomic mass is 32.2. The third kappa shape index (κ3) is 7.17. The van der Waals surface area contributed by atoms with Crippen molar-refractivity contribution < 1.29 is 23.2 Å². The third-order valence-corrected chi connectivity index (χ3v) is 9.12. The summed E-state index contributed by atoms with van der Waals surface area (Å²) in [5.74, 6) is 0.0231. The van der Waals surface area contributed by atoms with Gasteiger partial charge in [0.15, 0.2) is 0 Å². The van der Waals surface area contributed by atoms with Gasteiger partial charge in [-0.25, -0.2) is 13.9 Å². The second-order valence-corrected chi connectivity index (χ2v) is 12.1. The van der Waals surface area contributed by atoms with Gasteiger partial charge in [-0.1, -0.05) is 42.5 Å². The minimum Gasteiger partial charge on any atom is -0.492 e. The van der Waals surface area contributed by atoms with Gasteiger partial charge in [0.05, 0.1) is 10.9 Å². The van der Waals surface area contributed by atoms with Crippen LogP contribution < -0.4 is 10.2 Å². The molecule has 40 heavy (non-hydrogen) atoms. The van der Waals surface area contributed by atoms with Crippen LogP contribution in [-0.4, -0.2) is 62.5 Å². The molecule has 9 heteroatoms. The summed E-state index contributed by atoms with van der Waals surface area (Å²) < 4.78 is 35.7. The maximum absolute atomic E-state index is 14.1. The number of sulfonamides is 1. The summed E-state index contributed by atoms with van der Waals surface area (Å²) >= 11 is 0. The summed E-state index contributed by atoms with van der Waals surface area (Å²) in [5, 5.41) is 8.73. The fourth-order valence-corrected chi connectivity index (χ4v) is 6.62. The van der Waals surface area contributed by atoms with Crippen molar-refractivity contribution in [3.8, 4) is 5.75 Å². The highest BCUT2D eigenvalue weighted by molar-refractivity contribution is 7.89. The second-order valence-electron chi connectivity index (χ2n) is 10.2.